The van der Waals surface area contributed by atoms with Crippen LogP contribution < -0.4 is 5.06 Å². The van der Waals surface area contributed by atoms with Gasteiger partial charge in [-0.2, -0.15) is 5.06 Å². The third kappa shape index (κ3) is 2.02. The number of hydroxylamine groups is 1. The molecule has 4 nitrogen and oxygen atoms in total. The average Bonchev–Trinajstić information content (AvgIpc) is 2.59. The third-order valence-corrected chi connectivity index (χ3v) is 3.04. The van der Waals surface area contributed by atoms with Gasteiger partial charge in [0.15, 0.2) is 0 Å². The monoisotopic (exact) mass is 252 g/mol. The van der Waals surface area contributed by atoms with E-state index < -0.39 is 5.91 Å². The van der Waals surface area contributed by atoms with Crippen molar-refractivity contribution in [1.29, 1.82) is 0 Å². The molecular weight excluding hydrogens is 240 g/mol. The number of benzene rings is 2. The first-order chi connectivity index (χ1) is 9.27. The molecule has 3 rings (SSSR count). The molecular formula is C15H12N2O2. The minimum absolute atomic E-state index is 0.0601. The molecule has 94 valence electrons. The molecule has 1 N–H and O–H groups in total. The normalized spacial score (nSPS) is 14.7. The van der Waals surface area contributed by atoms with E-state index in [1.54, 1.807) is 12.1 Å². The highest BCUT2D eigenvalue weighted by atomic mass is 16.5. The maximum Gasteiger partial charge on any atom is 0.272 e. The number of aliphatic imine (C=N–C) groups is 1. The van der Waals surface area contributed by atoms with Gasteiger partial charge in [-0.15, -0.1) is 0 Å². The minimum atomic E-state index is -0.432. The van der Waals surface area contributed by atoms with Crippen LogP contribution in [-0.2, 0) is 4.79 Å². The maximum atomic E-state index is 11.7. The zero-order valence-corrected chi connectivity index (χ0v) is 10.2. The van der Waals surface area contributed by atoms with Crippen molar-refractivity contribution in [3.63, 3.8) is 0 Å². The number of amides is 1. The molecule has 2 aromatic carbocycles. The Morgan fingerprint density at radius 3 is 2.47 bits per heavy atom. The van der Waals surface area contributed by atoms with Crippen LogP contribution in [0.5, 0.6) is 0 Å². The van der Waals surface area contributed by atoms with E-state index in [-0.39, 0.29) is 6.54 Å². The Kier molecular flexibility index (Phi) is 2.85. The van der Waals surface area contributed by atoms with Gasteiger partial charge in [-0.1, -0.05) is 48.5 Å². The quantitative estimate of drug-likeness (QED) is 0.791. The molecule has 1 aliphatic rings. The summed E-state index contributed by atoms with van der Waals surface area (Å²) < 4.78 is 0. The Bertz CT molecular complexity index is 650. The van der Waals surface area contributed by atoms with Crippen molar-refractivity contribution in [1.82, 2.24) is 0 Å². The maximum absolute atomic E-state index is 11.7. The first-order valence-electron chi connectivity index (χ1n) is 5.98. The van der Waals surface area contributed by atoms with Gasteiger partial charge in [0.05, 0.1) is 11.4 Å². The largest absolute Gasteiger partial charge is 0.281 e. The zero-order valence-electron chi connectivity index (χ0n) is 10.2. The number of carbonyl (C=O) groups excluding carboxylic acids is 1. The van der Waals surface area contributed by atoms with E-state index in [1.807, 2.05) is 42.5 Å². The van der Waals surface area contributed by atoms with Gasteiger partial charge in [0.2, 0.25) is 0 Å². The molecule has 0 saturated heterocycles. The number of fused-ring (bicyclic) bond motifs is 1. The topological polar surface area (TPSA) is 52.9 Å². The molecule has 0 aliphatic carbocycles. The van der Waals surface area contributed by atoms with Crippen molar-refractivity contribution in [2.24, 2.45) is 4.99 Å². The van der Waals surface area contributed by atoms with Gasteiger partial charge in [0, 0.05) is 11.1 Å². The Hall–Kier alpha value is -2.46. The smallest absolute Gasteiger partial charge is 0.272 e. The molecule has 0 saturated carbocycles. The van der Waals surface area contributed by atoms with E-state index >= 15 is 0 Å². The van der Waals surface area contributed by atoms with E-state index in [9.17, 15) is 10.0 Å². The van der Waals surface area contributed by atoms with Crippen LogP contribution in [-0.4, -0.2) is 23.4 Å². The van der Waals surface area contributed by atoms with Gasteiger partial charge in [-0.05, 0) is 6.07 Å². The molecule has 1 aliphatic heterocycles. The number of anilines is 1. The summed E-state index contributed by atoms with van der Waals surface area (Å²) in [5.74, 6) is -0.432. The number of nitrogens with zero attached hydrogens (tertiary/aromatic N) is 2. The van der Waals surface area contributed by atoms with Gasteiger partial charge in [0.1, 0.15) is 6.54 Å². The van der Waals surface area contributed by atoms with E-state index in [2.05, 4.69) is 4.99 Å². The average molecular weight is 252 g/mol. The molecule has 0 radical (unpaired) electrons. The fourth-order valence-electron chi connectivity index (χ4n) is 2.13. The van der Waals surface area contributed by atoms with Crippen molar-refractivity contribution in [2.75, 3.05) is 11.6 Å². The SMILES string of the molecule is O=C1CN=C(c2ccccc2)c2ccccc2N1O. The molecule has 4 heteroatoms. The second kappa shape index (κ2) is 4.66. The molecule has 0 atom stereocenters. The minimum Gasteiger partial charge on any atom is -0.281 e. The second-order valence-corrected chi connectivity index (χ2v) is 4.25. The Balaban J connectivity index is 2.20. The molecule has 1 heterocycles. The Morgan fingerprint density at radius 1 is 1.00 bits per heavy atom. The van der Waals surface area contributed by atoms with Gasteiger partial charge in [-0.25, -0.2) is 0 Å². The number of rotatable bonds is 1. The number of carbonyl (C=O) groups is 1. The van der Waals surface area contributed by atoms with Crippen LogP contribution in [0.25, 0.3) is 0 Å². The summed E-state index contributed by atoms with van der Waals surface area (Å²) >= 11 is 0. The summed E-state index contributed by atoms with van der Waals surface area (Å²) in [4.78, 5) is 16.1. The fraction of sp³-hybridized carbons (Fsp3) is 0.0667. The lowest BCUT2D eigenvalue weighted by atomic mass is 10.0. The van der Waals surface area contributed by atoms with Gasteiger partial charge >= 0.3 is 0 Å². The summed E-state index contributed by atoms with van der Waals surface area (Å²) in [6.45, 7) is -0.0601. The molecule has 2 aromatic rings. The summed E-state index contributed by atoms with van der Waals surface area (Å²) in [6, 6.07) is 16.8. The van der Waals surface area contributed by atoms with Gasteiger partial charge in [0.25, 0.3) is 5.91 Å². The summed E-state index contributed by atoms with van der Waals surface area (Å²) in [5.41, 5.74) is 2.87. The third-order valence-electron chi connectivity index (χ3n) is 3.04. The van der Waals surface area contributed by atoms with E-state index in [4.69, 9.17) is 0 Å². The van der Waals surface area contributed by atoms with Crippen LogP contribution >= 0.6 is 0 Å². The van der Waals surface area contributed by atoms with Gasteiger partial charge in [-0.3, -0.25) is 15.0 Å². The first kappa shape index (κ1) is 11.6. The van der Waals surface area contributed by atoms with Crippen molar-refractivity contribution in [3.8, 4) is 0 Å². The number of hydrogen-bond donors (Lipinski definition) is 1. The highest BCUT2D eigenvalue weighted by Gasteiger charge is 2.23. The lowest BCUT2D eigenvalue weighted by molar-refractivity contribution is -0.122. The van der Waals surface area contributed by atoms with Crippen LogP contribution in [0.4, 0.5) is 5.69 Å². The number of benzodiazepines with no additional fused rings is 1. The Labute approximate surface area is 110 Å². The number of para-hydroxylation sites is 1. The molecule has 0 fully saturated rings. The van der Waals surface area contributed by atoms with Crippen molar-refractivity contribution in [3.05, 3.63) is 65.7 Å². The highest BCUT2D eigenvalue weighted by Crippen LogP contribution is 2.25. The summed E-state index contributed by atoms with van der Waals surface area (Å²) in [6.07, 6.45) is 0. The van der Waals surface area contributed by atoms with Crippen molar-refractivity contribution >= 4 is 17.3 Å². The fourth-order valence-corrected chi connectivity index (χ4v) is 2.13. The van der Waals surface area contributed by atoms with E-state index in [0.717, 1.165) is 16.8 Å². The Morgan fingerprint density at radius 2 is 1.68 bits per heavy atom. The van der Waals surface area contributed by atoms with Crippen LogP contribution in [0.15, 0.2) is 59.6 Å². The predicted molar refractivity (Wildman–Crippen MR) is 72.7 cm³/mol. The summed E-state index contributed by atoms with van der Waals surface area (Å²) in [7, 11) is 0. The number of hydrogen-bond acceptors (Lipinski definition) is 3. The van der Waals surface area contributed by atoms with Crippen LogP contribution in [0.1, 0.15) is 11.1 Å². The lowest BCUT2D eigenvalue weighted by Crippen LogP contribution is -2.28. The van der Waals surface area contributed by atoms with E-state index in [1.165, 1.54) is 0 Å². The summed E-state index contributed by atoms with van der Waals surface area (Å²) in [5, 5.41) is 10.6. The zero-order chi connectivity index (χ0) is 13.2. The van der Waals surface area contributed by atoms with Crippen LogP contribution in [0.2, 0.25) is 0 Å². The predicted octanol–water partition coefficient (Wildman–Crippen LogP) is 2.26. The van der Waals surface area contributed by atoms with Crippen molar-refractivity contribution < 1.29 is 10.0 Å². The van der Waals surface area contributed by atoms with Gasteiger partial charge < -0.3 is 0 Å². The molecule has 0 unspecified atom stereocenters. The lowest BCUT2D eigenvalue weighted by Gasteiger charge is -2.15. The van der Waals surface area contributed by atoms with Crippen LogP contribution in [0.3, 0.4) is 0 Å². The highest BCUT2D eigenvalue weighted by molar-refractivity contribution is 6.19. The van der Waals surface area contributed by atoms with E-state index in [0.29, 0.717) is 10.8 Å². The molecule has 19 heavy (non-hydrogen) atoms. The molecule has 1 amide bonds. The molecule has 0 spiro atoms. The second-order valence-electron chi connectivity index (χ2n) is 4.25. The first-order valence-corrected chi connectivity index (χ1v) is 5.98. The van der Waals surface area contributed by atoms with Crippen molar-refractivity contribution in [2.45, 2.75) is 0 Å². The molecule has 0 aromatic heterocycles. The van der Waals surface area contributed by atoms with Crippen LogP contribution in [0, 0.1) is 0 Å². The standard InChI is InChI=1S/C15H12N2O2/c18-14-10-16-15(11-6-2-1-3-7-11)12-8-4-5-9-13(12)17(14)19/h1-9,19H,10H2. The molecule has 0 bridgehead atoms.